The number of carbonyl (C=O) groups excluding carboxylic acids is 1. The van der Waals surface area contributed by atoms with E-state index in [-0.39, 0.29) is 12.2 Å². The molecule has 27 heavy (non-hydrogen) atoms. The van der Waals surface area contributed by atoms with Crippen LogP contribution < -0.4 is 4.74 Å². The normalized spacial score (nSPS) is 10.9. The van der Waals surface area contributed by atoms with Crippen molar-refractivity contribution in [1.82, 2.24) is 29.5 Å². The molecule has 4 aromatic rings. The van der Waals surface area contributed by atoms with Crippen LogP contribution in [-0.4, -0.2) is 35.3 Å². The van der Waals surface area contributed by atoms with E-state index in [2.05, 4.69) is 25.1 Å². The Morgan fingerprint density at radius 1 is 1.07 bits per heavy atom. The topological polar surface area (TPSA) is 95.2 Å². The molecule has 0 fully saturated rings. The summed E-state index contributed by atoms with van der Waals surface area (Å²) >= 11 is 0. The molecule has 0 atom stereocenters. The summed E-state index contributed by atoms with van der Waals surface area (Å²) in [5, 5.41) is 7.93. The third-order valence-electron chi connectivity index (χ3n) is 3.97. The molecule has 134 valence electrons. The van der Waals surface area contributed by atoms with Crippen LogP contribution in [0.4, 0.5) is 0 Å². The van der Waals surface area contributed by atoms with Gasteiger partial charge in [-0.15, -0.1) is 10.2 Å². The second-order valence-electron chi connectivity index (χ2n) is 6.15. The molecular formula is C19H16N6O2. The number of fused-ring (bicyclic) bond motifs is 1. The number of hydrogen-bond donors (Lipinski definition) is 0. The molecular weight excluding hydrogens is 344 g/mol. The predicted molar refractivity (Wildman–Crippen MR) is 96.8 cm³/mol. The maximum Gasteiger partial charge on any atom is 0.172 e. The fourth-order valence-electron chi connectivity index (χ4n) is 2.60. The molecule has 0 aliphatic rings. The molecule has 0 saturated carbocycles. The Labute approximate surface area is 154 Å². The minimum atomic E-state index is -0.116. The van der Waals surface area contributed by atoms with Crippen LogP contribution in [0, 0.1) is 13.8 Å². The molecule has 4 rings (SSSR count). The third kappa shape index (κ3) is 3.64. The lowest BCUT2D eigenvalue weighted by atomic mass is 10.1. The van der Waals surface area contributed by atoms with Crippen LogP contribution in [-0.2, 0) is 6.42 Å². The second-order valence-corrected chi connectivity index (χ2v) is 6.15. The minimum Gasteiger partial charge on any atom is -0.453 e. The molecule has 0 amide bonds. The first-order valence-electron chi connectivity index (χ1n) is 8.33. The monoisotopic (exact) mass is 360 g/mol. The number of carbonyl (C=O) groups is 1. The molecule has 0 radical (unpaired) electrons. The van der Waals surface area contributed by atoms with Crippen LogP contribution >= 0.6 is 0 Å². The third-order valence-corrected chi connectivity index (χ3v) is 3.97. The van der Waals surface area contributed by atoms with E-state index in [0.717, 1.165) is 5.56 Å². The zero-order valence-electron chi connectivity index (χ0n) is 14.8. The van der Waals surface area contributed by atoms with Gasteiger partial charge >= 0.3 is 0 Å². The van der Waals surface area contributed by atoms with Gasteiger partial charge in [-0.25, -0.2) is 9.97 Å². The highest BCUT2D eigenvalue weighted by Crippen LogP contribution is 2.24. The lowest BCUT2D eigenvalue weighted by Gasteiger charge is -2.09. The van der Waals surface area contributed by atoms with Crippen LogP contribution in [0.2, 0.25) is 0 Å². The van der Waals surface area contributed by atoms with Gasteiger partial charge in [-0.05, 0) is 31.5 Å². The Bertz CT molecular complexity index is 1100. The van der Waals surface area contributed by atoms with Crippen molar-refractivity contribution < 1.29 is 9.53 Å². The molecule has 4 heterocycles. The van der Waals surface area contributed by atoms with Gasteiger partial charge in [0.15, 0.2) is 17.2 Å². The van der Waals surface area contributed by atoms with E-state index in [9.17, 15) is 4.79 Å². The van der Waals surface area contributed by atoms with Gasteiger partial charge in [0.2, 0.25) is 0 Å². The zero-order valence-corrected chi connectivity index (χ0v) is 14.8. The summed E-state index contributed by atoms with van der Waals surface area (Å²) in [5.41, 5.74) is 2.63. The first-order valence-corrected chi connectivity index (χ1v) is 8.33. The van der Waals surface area contributed by atoms with Crippen molar-refractivity contribution >= 4 is 11.4 Å². The number of pyridine rings is 2. The zero-order chi connectivity index (χ0) is 18.8. The molecule has 0 aliphatic carbocycles. The molecule has 8 nitrogen and oxygen atoms in total. The predicted octanol–water partition coefficient (Wildman–Crippen LogP) is 2.75. The maximum atomic E-state index is 12.9. The van der Waals surface area contributed by atoms with Gasteiger partial charge in [0.05, 0.1) is 30.6 Å². The van der Waals surface area contributed by atoms with E-state index < -0.39 is 0 Å². The summed E-state index contributed by atoms with van der Waals surface area (Å²) in [7, 11) is 0. The highest BCUT2D eigenvalue weighted by Gasteiger charge is 2.16. The standard InChI is InChI=1S/C19H16N6O2/c1-12-3-4-14(22-7-12)5-18(26)17-6-15(10-25-11-23-24-19(17)25)27-16-8-20-13(2)21-9-16/h3-4,6-11H,5H2,1-2H3. The Hall–Kier alpha value is -3.68. The Morgan fingerprint density at radius 3 is 2.63 bits per heavy atom. The number of Topliss-reactive ketones (excluding diaryl/α,β-unsaturated/α-hetero) is 1. The van der Waals surface area contributed by atoms with Crippen molar-refractivity contribution in [1.29, 1.82) is 0 Å². The summed E-state index contributed by atoms with van der Waals surface area (Å²) in [6, 6.07) is 5.43. The largest absolute Gasteiger partial charge is 0.453 e. The molecule has 4 aromatic heterocycles. The average molecular weight is 360 g/mol. The Balaban J connectivity index is 1.66. The molecule has 0 saturated heterocycles. The second kappa shape index (κ2) is 6.91. The molecule has 0 unspecified atom stereocenters. The number of ketones is 1. The molecule has 0 spiro atoms. The van der Waals surface area contributed by atoms with Crippen molar-refractivity contribution in [3.63, 3.8) is 0 Å². The average Bonchev–Trinajstić information content (AvgIpc) is 3.13. The van der Waals surface area contributed by atoms with E-state index in [4.69, 9.17) is 4.74 Å². The van der Waals surface area contributed by atoms with E-state index in [1.807, 2.05) is 19.1 Å². The van der Waals surface area contributed by atoms with Crippen molar-refractivity contribution in [3.05, 3.63) is 72.0 Å². The van der Waals surface area contributed by atoms with Crippen molar-refractivity contribution in [3.8, 4) is 11.5 Å². The van der Waals surface area contributed by atoms with E-state index in [0.29, 0.717) is 34.2 Å². The quantitative estimate of drug-likeness (QED) is 0.505. The summed E-state index contributed by atoms with van der Waals surface area (Å²) in [6.07, 6.45) is 8.30. The first kappa shape index (κ1) is 16.8. The number of hydrogen-bond acceptors (Lipinski definition) is 7. The summed E-state index contributed by atoms with van der Waals surface area (Å²) in [5.74, 6) is 1.48. The summed E-state index contributed by atoms with van der Waals surface area (Å²) in [4.78, 5) is 25.4. The van der Waals surface area contributed by atoms with Gasteiger partial charge in [-0.1, -0.05) is 6.07 Å². The van der Waals surface area contributed by atoms with Crippen LogP contribution in [0.15, 0.2) is 49.3 Å². The minimum absolute atomic E-state index is 0.116. The highest BCUT2D eigenvalue weighted by atomic mass is 16.5. The number of rotatable bonds is 5. The molecule has 8 heteroatoms. The Morgan fingerprint density at radius 2 is 1.89 bits per heavy atom. The summed E-state index contributed by atoms with van der Waals surface area (Å²) in [6.45, 7) is 3.75. The van der Waals surface area contributed by atoms with Gasteiger partial charge in [0.25, 0.3) is 0 Å². The fraction of sp³-hybridized carbons (Fsp3) is 0.158. The highest BCUT2D eigenvalue weighted by molar-refractivity contribution is 6.02. The number of aryl methyl sites for hydroxylation is 2. The fourth-order valence-corrected chi connectivity index (χ4v) is 2.60. The van der Waals surface area contributed by atoms with Crippen molar-refractivity contribution in [2.24, 2.45) is 0 Å². The first-order chi connectivity index (χ1) is 13.1. The van der Waals surface area contributed by atoms with Crippen LogP contribution in [0.3, 0.4) is 0 Å². The van der Waals surface area contributed by atoms with Gasteiger partial charge in [-0.2, -0.15) is 0 Å². The lowest BCUT2D eigenvalue weighted by Crippen LogP contribution is -2.08. The summed E-state index contributed by atoms with van der Waals surface area (Å²) < 4.78 is 7.45. The van der Waals surface area contributed by atoms with Crippen molar-refractivity contribution in [2.75, 3.05) is 0 Å². The SMILES string of the molecule is Cc1ccc(CC(=O)c2cc(Oc3cnc(C)nc3)cn3cnnc23)nc1. The Kier molecular flexibility index (Phi) is 4.29. The number of aromatic nitrogens is 6. The molecule has 0 aliphatic heterocycles. The van der Waals surface area contributed by atoms with Gasteiger partial charge in [0.1, 0.15) is 17.9 Å². The van der Waals surface area contributed by atoms with Gasteiger partial charge < -0.3 is 4.74 Å². The smallest absolute Gasteiger partial charge is 0.172 e. The van der Waals surface area contributed by atoms with E-state index >= 15 is 0 Å². The lowest BCUT2D eigenvalue weighted by molar-refractivity contribution is 0.0992. The number of ether oxygens (including phenoxy) is 1. The van der Waals surface area contributed by atoms with Gasteiger partial charge in [0, 0.05) is 11.9 Å². The van der Waals surface area contributed by atoms with Crippen LogP contribution in [0.25, 0.3) is 5.65 Å². The molecule has 0 N–H and O–H groups in total. The molecule has 0 aromatic carbocycles. The van der Waals surface area contributed by atoms with Crippen LogP contribution in [0.1, 0.15) is 27.4 Å². The maximum absolute atomic E-state index is 12.9. The number of nitrogens with zero attached hydrogens (tertiary/aromatic N) is 6. The van der Waals surface area contributed by atoms with Gasteiger partial charge in [-0.3, -0.25) is 14.2 Å². The van der Waals surface area contributed by atoms with Crippen LogP contribution in [0.5, 0.6) is 11.5 Å². The molecule has 0 bridgehead atoms. The van der Waals surface area contributed by atoms with E-state index in [1.54, 1.807) is 42.2 Å². The van der Waals surface area contributed by atoms with Crippen molar-refractivity contribution in [2.45, 2.75) is 20.3 Å². The van der Waals surface area contributed by atoms with E-state index in [1.165, 1.54) is 6.33 Å².